The number of aromatic nitrogens is 2. The number of carboxylic acids is 1. The first-order chi connectivity index (χ1) is 11.8. The first-order valence-electron chi connectivity index (χ1n) is 8.05. The Morgan fingerprint density at radius 1 is 1.24 bits per heavy atom. The maximum absolute atomic E-state index is 12.4. The molecule has 8 heteroatoms. The van der Waals surface area contributed by atoms with Gasteiger partial charge in [0.25, 0.3) is 11.1 Å². The van der Waals surface area contributed by atoms with Crippen LogP contribution in [0.15, 0.2) is 33.9 Å². The van der Waals surface area contributed by atoms with Crippen molar-refractivity contribution >= 4 is 22.6 Å². The number of aryl methyl sites for hydroxylation is 1. The first-order valence-corrected chi connectivity index (χ1v) is 8.05. The fourth-order valence-corrected chi connectivity index (χ4v) is 2.71. The van der Waals surface area contributed by atoms with E-state index in [0.29, 0.717) is 12.8 Å². The molecule has 2 rings (SSSR count). The second kappa shape index (κ2) is 7.33. The van der Waals surface area contributed by atoms with Gasteiger partial charge in [-0.2, -0.15) is 0 Å². The number of aliphatic carboxylic acids is 1. The van der Waals surface area contributed by atoms with E-state index in [0.717, 1.165) is 4.68 Å². The average Bonchev–Trinajstić information content (AvgIpc) is 2.57. The molecule has 0 aliphatic carbocycles. The van der Waals surface area contributed by atoms with Crippen LogP contribution in [-0.2, 0) is 16.1 Å². The van der Waals surface area contributed by atoms with Crippen molar-refractivity contribution in [3.05, 3.63) is 45.0 Å². The zero-order valence-corrected chi connectivity index (χ0v) is 14.2. The minimum atomic E-state index is -1.35. The van der Waals surface area contributed by atoms with E-state index in [2.05, 4.69) is 10.4 Å². The molecule has 1 atom stereocenters. The topological polar surface area (TPSA) is 121 Å². The van der Waals surface area contributed by atoms with Crippen LogP contribution in [0.2, 0.25) is 0 Å². The molecule has 1 amide bonds. The van der Waals surface area contributed by atoms with Crippen molar-refractivity contribution in [3.63, 3.8) is 0 Å². The van der Waals surface area contributed by atoms with E-state index in [1.165, 1.54) is 6.92 Å². The van der Waals surface area contributed by atoms with Crippen molar-refractivity contribution in [2.75, 3.05) is 0 Å². The van der Waals surface area contributed by atoms with Crippen LogP contribution in [0.4, 0.5) is 0 Å². The molecule has 0 aliphatic rings. The van der Waals surface area contributed by atoms with E-state index in [4.69, 9.17) is 0 Å². The molecule has 2 aromatic rings. The normalized spacial score (nSPS) is 13.4. The standard InChI is InChI=1S/C17H21N3O5/c1-3-9-17(2,16(24)25)18-13(21)8-10-20-15(23)12-7-5-4-6-11(12)14(22)19-20/h4-7H,3,8-10H2,1-2H3,(H,18,21)(H,19,22)(H,24,25). The summed E-state index contributed by atoms with van der Waals surface area (Å²) in [5, 5.41) is 14.8. The van der Waals surface area contributed by atoms with Crippen molar-refractivity contribution in [1.82, 2.24) is 15.1 Å². The number of hydrogen-bond donors (Lipinski definition) is 3. The maximum atomic E-state index is 12.4. The fourth-order valence-electron chi connectivity index (χ4n) is 2.71. The molecule has 0 radical (unpaired) electrons. The van der Waals surface area contributed by atoms with Gasteiger partial charge in [-0.3, -0.25) is 19.5 Å². The summed E-state index contributed by atoms with van der Waals surface area (Å²) in [6, 6.07) is 6.42. The number of hydrogen-bond acceptors (Lipinski definition) is 4. The number of nitrogens with one attached hydrogen (secondary N) is 2. The smallest absolute Gasteiger partial charge is 0.329 e. The number of rotatable bonds is 7. The number of aromatic amines is 1. The van der Waals surface area contributed by atoms with Crippen molar-refractivity contribution < 1.29 is 14.7 Å². The molecular weight excluding hydrogens is 326 g/mol. The molecule has 1 heterocycles. The lowest BCUT2D eigenvalue weighted by atomic mass is 9.96. The van der Waals surface area contributed by atoms with Crippen LogP contribution in [0.5, 0.6) is 0 Å². The number of carbonyl (C=O) groups excluding carboxylic acids is 1. The molecule has 8 nitrogen and oxygen atoms in total. The number of fused-ring (bicyclic) bond motifs is 1. The monoisotopic (exact) mass is 347 g/mol. The second-order valence-electron chi connectivity index (χ2n) is 6.13. The van der Waals surface area contributed by atoms with Crippen molar-refractivity contribution in [3.8, 4) is 0 Å². The SMILES string of the molecule is CCCC(C)(NC(=O)CCn1[nH]c(=O)c2ccccc2c1=O)C(=O)O. The largest absolute Gasteiger partial charge is 0.480 e. The van der Waals surface area contributed by atoms with Gasteiger partial charge in [-0.15, -0.1) is 0 Å². The Labute approximate surface area is 143 Å². The highest BCUT2D eigenvalue weighted by Gasteiger charge is 2.33. The van der Waals surface area contributed by atoms with Gasteiger partial charge >= 0.3 is 5.97 Å². The van der Waals surface area contributed by atoms with Crippen LogP contribution in [0.3, 0.4) is 0 Å². The molecular formula is C17H21N3O5. The average molecular weight is 347 g/mol. The van der Waals surface area contributed by atoms with Gasteiger partial charge in [-0.05, 0) is 25.5 Å². The summed E-state index contributed by atoms with van der Waals surface area (Å²) in [6.45, 7) is 3.22. The highest BCUT2D eigenvalue weighted by atomic mass is 16.4. The Bertz CT molecular complexity index is 914. The van der Waals surface area contributed by atoms with E-state index >= 15 is 0 Å². The van der Waals surface area contributed by atoms with Gasteiger partial charge in [0.05, 0.1) is 17.3 Å². The van der Waals surface area contributed by atoms with Crippen LogP contribution < -0.4 is 16.4 Å². The second-order valence-corrected chi connectivity index (χ2v) is 6.13. The molecule has 1 unspecified atom stereocenters. The lowest BCUT2D eigenvalue weighted by Crippen LogP contribution is -2.52. The van der Waals surface area contributed by atoms with E-state index < -0.39 is 28.5 Å². The molecule has 1 aromatic heterocycles. The van der Waals surface area contributed by atoms with E-state index in [-0.39, 0.29) is 23.7 Å². The Morgan fingerprint density at radius 3 is 2.48 bits per heavy atom. The molecule has 3 N–H and O–H groups in total. The van der Waals surface area contributed by atoms with E-state index in [9.17, 15) is 24.3 Å². The molecule has 0 saturated carbocycles. The zero-order valence-electron chi connectivity index (χ0n) is 14.2. The van der Waals surface area contributed by atoms with Gasteiger partial charge in [0.2, 0.25) is 5.91 Å². The summed E-state index contributed by atoms with van der Waals surface area (Å²) in [4.78, 5) is 47.8. The Hall–Kier alpha value is -2.90. The summed E-state index contributed by atoms with van der Waals surface area (Å²) in [6.07, 6.45) is 0.766. The fraction of sp³-hybridized carbons (Fsp3) is 0.412. The van der Waals surface area contributed by atoms with Crippen molar-refractivity contribution in [2.24, 2.45) is 0 Å². The van der Waals surface area contributed by atoms with Crippen molar-refractivity contribution in [1.29, 1.82) is 0 Å². The van der Waals surface area contributed by atoms with Gasteiger partial charge < -0.3 is 10.4 Å². The third kappa shape index (κ3) is 3.96. The number of benzene rings is 1. The van der Waals surface area contributed by atoms with E-state index in [1.807, 2.05) is 6.92 Å². The minimum absolute atomic E-state index is 0.0490. The summed E-state index contributed by atoms with van der Waals surface area (Å²) < 4.78 is 1.07. The molecule has 25 heavy (non-hydrogen) atoms. The van der Waals surface area contributed by atoms with Gasteiger partial charge in [0.15, 0.2) is 0 Å². The molecule has 0 spiro atoms. The summed E-state index contributed by atoms with van der Waals surface area (Å²) >= 11 is 0. The summed E-state index contributed by atoms with van der Waals surface area (Å²) in [7, 11) is 0. The lowest BCUT2D eigenvalue weighted by molar-refractivity contribution is -0.147. The Balaban J connectivity index is 2.16. The third-order valence-corrected chi connectivity index (χ3v) is 4.08. The van der Waals surface area contributed by atoms with Gasteiger partial charge in [-0.1, -0.05) is 25.5 Å². The minimum Gasteiger partial charge on any atom is -0.480 e. The number of carbonyl (C=O) groups is 2. The number of nitrogens with zero attached hydrogens (tertiary/aromatic N) is 1. The maximum Gasteiger partial charge on any atom is 0.329 e. The quantitative estimate of drug-likeness (QED) is 0.685. The van der Waals surface area contributed by atoms with Gasteiger partial charge in [0, 0.05) is 6.42 Å². The summed E-state index contributed by atoms with van der Waals surface area (Å²) in [5.74, 6) is -1.61. The number of H-pyrrole nitrogens is 1. The van der Waals surface area contributed by atoms with Gasteiger partial charge in [-0.25, -0.2) is 9.48 Å². The van der Waals surface area contributed by atoms with Crippen molar-refractivity contribution in [2.45, 2.75) is 45.2 Å². The molecule has 0 bridgehead atoms. The Kier molecular flexibility index (Phi) is 5.41. The molecule has 0 saturated heterocycles. The third-order valence-electron chi connectivity index (χ3n) is 4.08. The molecule has 0 aliphatic heterocycles. The van der Waals surface area contributed by atoms with Crippen LogP contribution in [0.1, 0.15) is 33.1 Å². The predicted octanol–water partition coefficient (Wildman–Crippen LogP) is 0.839. The number of amides is 1. The van der Waals surface area contributed by atoms with Crippen LogP contribution in [0, 0.1) is 0 Å². The number of carboxylic acid groups (broad SMARTS) is 1. The molecule has 1 aromatic carbocycles. The zero-order chi connectivity index (χ0) is 18.6. The van der Waals surface area contributed by atoms with Crippen LogP contribution in [-0.4, -0.2) is 32.3 Å². The highest BCUT2D eigenvalue weighted by molar-refractivity contribution is 5.86. The van der Waals surface area contributed by atoms with E-state index in [1.54, 1.807) is 24.3 Å². The lowest BCUT2D eigenvalue weighted by Gasteiger charge is -2.25. The highest BCUT2D eigenvalue weighted by Crippen LogP contribution is 2.13. The Morgan fingerprint density at radius 2 is 1.88 bits per heavy atom. The van der Waals surface area contributed by atoms with Crippen LogP contribution in [0.25, 0.3) is 10.8 Å². The molecule has 0 fully saturated rings. The first kappa shape index (κ1) is 18.4. The summed E-state index contributed by atoms with van der Waals surface area (Å²) in [5.41, 5.74) is -2.18. The van der Waals surface area contributed by atoms with Gasteiger partial charge in [0.1, 0.15) is 5.54 Å². The van der Waals surface area contributed by atoms with Crippen LogP contribution >= 0.6 is 0 Å². The molecule has 134 valence electrons. The predicted molar refractivity (Wildman–Crippen MR) is 92.5 cm³/mol.